The summed E-state index contributed by atoms with van der Waals surface area (Å²) in [6, 6.07) is 12.1. The number of nitrogens with one attached hydrogen (secondary N) is 2. The molecule has 3 rings (SSSR count). The zero-order valence-corrected chi connectivity index (χ0v) is 17.6. The van der Waals surface area contributed by atoms with Crippen LogP contribution in [-0.2, 0) is 0 Å². The number of piperidine rings is 1. The van der Waals surface area contributed by atoms with Gasteiger partial charge in [-0.3, -0.25) is 4.99 Å². The first-order chi connectivity index (χ1) is 14.5. The number of anilines is 1. The van der Waals surface area contributed by atoms with Gasteiger partial charge in [-0.05, 0) is 69.1 Å². The minimum absolute atomic E-state index is 0.302. The summed E-state index contributed by atoms with van der Waals surface area (Å²) >= 11 is 0. The molecule has 0 saturated carbocycles. The zero-order chi connectivity index (χ0) is 21.5. The van der Waals surface area contributed by atoms with Crippen LogP contribution in [0.15, 0.2) is 47.5 Å². The summed E-state index contributed by atoms with van der Waals surface area (Å²) in [4.78, 5) is 4.66. The highest BCUT2D eigenvalue weighted by Crippen LogP contribution is 2.23. The Morgan fingerprint density at radius 2 is 1.93 bits per heavy atom. The van der Waals surface area contributed by atoms with Gasteiger partial charge in [-0.15, -0.1) is 0 Å². The molecular weight excluding hydrogens is 387 g/mol. The van der Waals surface area contributed by atoms with Gasteiger partial charge in [-0.2, -0.15) is 0 Å². The molecule has 1 heterocycles. The Morgan fingerprint density at radius 3 is 2.57 bits per heavy atom. The second-order valence-electron chi connectivity index (χ2n) is 7.88. The minimum Gasteiger partial charge on any atom is -0.382 e. The van der Waals surface area contributed by atoms with Crippen molar-refractivity contribution in [3.8, 4) is 0 Å². The first kappa shape index (κ1) is 22.3. The topological polar surface area (TPSA) is 36.4 Å². The summed E-state index contributed by atoms with van der Waals surface area (Å²) in [6.45, 7) is 5.84. The van der Waals surface area contributed by atoms with Crippen LogP contribution in [0.5, 0.6) is 0 Å². The molecule has 1 aliphatic rings. The molecule has 1 unspecified atom stereocenters. The van der Waals surface area contributed by atoms with Crippen LogP contribution in [0.3, 0.4) is 0 Å². The average molecular weight is 418 g/mol. The summed E-state index contributed by atoms with van der Waals surface area (Å²) in [5.41, 5.74) is 4.01. The molecule has 0 aromatic heterocycles. The molecule has 1 atom stereocenters. The number of aryl methyl sites for hydroxylation is 1. The van der Waals surface area contributed by atoms with Crippen molar-refractivity contribution in [3.63, 3.8) is 0 Å². The smallest absolute Gasteiger partial charge is 0.240 e. The summed E-state index contributed by atoms with van der Waals surface area (Å²) in [6.07, 6.45) is -0.0860. The molecule has 1 fully saturated rings. The quantitative estimate of drug-likeness (QED) is 0.551. The maximum absolute atomic E-state index is 13.9. The second kappa shape index (κ2) is 10.6. The molecule has 1 aliphatic heterocycles. The lowest BCUT2D eigenvalue weighted by Gasteiger charge is -2.25. The molecule has 3 nitrogen and oxygen atoms in total. The van der Waals surface area contributed by atoms with Crippen LogP contribution in [0.1, 0.15) is 49.3 Å². The highest BCUT2D eigenvalue weighted by Gasteiger charge is 2.18. The number of rotatable bonds is 8. The van der Waals surface area contributed by atoms with Gasteiger partial charge in [0.1, 0.15) is 5.82 Å². The maximum Gasteiger partial charge on any atom is 0.240 e. The number of nitrogens with zero attached hydrogens (tertiary/aromatic N) is 1. The zero-order valence-electron chi connectivity index (χ0n) is 17.6. The predicted octanol–water partition coefficient (Wildman–Crippen LogP) is 5.57. The molecule has 2 aromatic rings. The molecule has 2 aromatic carbocycles. The van der Waals surface area contributed by atoms with Gasteiger partial charge in [0.15, 0.2) is 0 Å². The highest BCUT2D eigenvalue weighted by molar-refractivity contribution is 6.14. The SMILES string of the molecule is CCC(CC(F)F)N=C(c1cccc(F)c1)c1ccc(NC2CCNCC2)cc1C. The van der Waals surface area contributed by atoms with Gasteiger partial charge in [0, 0.05) is 29.3 Å². The number of benzene rings is 2. The van der Waals surface area contributed by atoms with Crippen LogP contribution in [0.4, 0.5) is 18.9 Å². The van der Waals surface area contributed by atoms with Gasteiger partial charge in [0.25, 0.3) is 0 Å². The molecule has 0 aliphatic carbocycles. The largest absolute Gasteiger partial charge is 0.382 e. The highest BCUT2D eigenvalue weighted by atomic mass is 19.3. The minimum atomic E-state index is -2.43. The summed E-state index contributed by atoms with van der Waals surface area (Å²) in [5, 5.41) is 6.93. The molecule has 162 valence electrons. The van der Waals surface area contributed by atoms with Crippen molar-refractivity contribution in [3.05, 3.63) is 65.0 Å². The Hall–Kier alpha value is -2.34. The van der Waals surface area contributed by atoms with E-state index in [9.17, 15) is 13.2 Å². The Balaban J connectivity index is 1.94. The Morgan fingerprint density at radius 1 is 1.17 bits per heavy atom. The van der Waals surface area contributed by atoms with Gasteiger partial charge in [0.2, 0.25) is 6.43 Å². The van der Waals surface area contributed by atoms with Crippen molar-refractivity contribution in [1.29, 1.82) is 0 Å². The van der Waals surface area contributed by atoms with E-state index in [1.54, 1.807) is 12.1 Å². The Kier molecular flexibility index (Phi) is 7.91. The lowest BCUT2D eigenvalue weighted by Crippen LogP contribution is -2.35. The summed E-state index contributed by atoms with van der Waals surface area (Å²) in [7, 11) is 0. The van der Waals surface area contributed by atoms with Gasteiger partial charge in [-0.1, -0.05) is 25.1 Å². The van der Waals surface area contributed by atoms with E-state index in [4.69, 9.17) is 0 Å². The van der Waals surface area contributed by atoms with Crippen LogP contribution >= 0.6 is 0 Å². The monoisotopic (exact) mass is 417 g/mol. The maximum atomic E-state index is 13.9. The Bertz CT molecular complexity index is 861. The predicted molar refractivity (Wildman–Crippen MR) is 117 cm³/mol. The molecule has 0 spiro atoms. The fourth-order valence-corrected chi connectivity index (χ4v) is 3.86. The van der Waals surface area contributed by atoms with Gasteiger partial charge in [0.05, 0.1) is 11.8 Å². The lowest BCUT2D eigenvalue weighted by molar-refractivity contribution is 0.128. The van der Waals surface area contributed by atoms with E-state index in [0.29, 0.717) is 23.7 Å². The first-order valence-electron chi connectivity index (χ1n) is 10.7. The van der Waals surface area contributed by atoms with Gasteiger partial charge < -0.3 is 10.6 Å². The van der Waals surface area contributed by atoms with Crippen molar-refractivity contribution in [2.24, 2.45) is 4.99 Å². The standard InChI is InChI=1S/C24H30F3N3/c1-3-19(15-23(26)27)30-24(17-5-4-6-18(25)14-17)22-8-7-21(13-16(22)2)29-20-9-11-28-12-10-20/h4-8,13-14,19-20,23,28-29H,3,9-12,15H2,1-2H3. The number of hydrogen-bond donors (Lipinski definition) is 2. The fourth-order valence-electron chi connectivity index (χ4n) is 3.86. The normalized spacial score (nSPS) is 16.7. The molecule has 2 N–H and O–H groups in total. The third-order valence-electron chi connectivity index (χ3n) is 5.52. The van der Waals surface area contributed by atoms with E-state index in [1.165, 1.54) is 12.1 Å². The summed E-state index contributed by atoms with van der Waals surface area (Å²) < 4.78 is 39.9. The van der Waals surface area contributed by atoms with E-state index < -0.39 is 12.5 Å². The van der Waals surface area contributed by atoms with Crippen LogP contribution in [0, 0.1) is 12.7 Å². The van der Waals surface area contributed by atoms with Crippen molar-refractivity contribution >= 4 is 11.4 Å². The van der Waals surface area contributed by atoms with Crippen molar-refractivity contribution in [1.82, 2.24) is 5.32 Å². The van der Waals surface area contributed by atoms with Crippen molar-refractivity contribution in [2.75, 3.05) is 18.4 Å². The molecule has 0 radical (unpaired) electrons. The van der Waals surface area contributed by atoms with Crippen LogP contribution in [-0.4, -0.2) is 37.3 Å². The molecule has 0 bridgehead atoms. The van der Waals surface area contributed by atoms with Crippen LogP contribution in [0.25, 0.3) is 0 Å². The fraction of sp³-hybridized carbons (Fsp3) is 0.458. The average Bonchev–Trinajstić information content (AvgIpc) is 2.72. The molecule has 30 heavy (non-hydrogen) atoms. The number of alkyl halides is 2. The summed E-state index contributed by atoms with van der Waals surface area (Å²) in [5.74, 6) is -0.371. The molecule has 0 amide bonds. The van der Waals surface area contributed by atoms with Crippen LogP contribution < -0.4 is 10.6 Å². The second-order valence-corrected chi connectivity index (χ2v) is 7.88. The van der Waals surface area contributed by atoms with Crippen LogP contribution in [0.2, 0.25) is 0 Å². The third kappa shape index (κ3) is 6.08. The van der Waals surface area contributed by atoms with E-state index in [2.05, 4.69) is 21.7 Å². The number of halogens is 3. The van der Waals surface area contributed by atoms with E-state index in [1.807, 2.05) is 26.0 Å². The van der Waals surface area contributed by atoms with Crippen molar-refractivity contribution < 1.29 is 13.2 Å². The van der Waals surface area contributed by atoms with E-state index >= 15 is 0 Å². The van der Waals surface area contributed by atoms with Crippen molar-refractivity contribution in [2.45, 2.75) is 58.0 Å². The van der Waals surface area contributed by atoms with E-state index in [0.717, 1.165) is 42.7 Å². The Labute approximate surface area is 176 Å². The number of aliphatic imine (C=N–C) groups is 1. The van der Waals surface area contributed by atoms with Gasteiger partial charge >= 0.3 is 0 Å². The molecule has 6 heteroatoms. The molecular formula is C24H30F3N3. The third-order valence-corrected chi connectivity index (χ3v) is 5.52. The van der Waals surface area contributed by atoms with E-state index in [-0.39, 0.29) is 12.2 Å². The lowest BCUT2D eigenvalue weighted by atomic mass is 9.96. The molecule has 1 saturated heterocycles. The number of hydrogen-bond acceptors (Lipinski definition) is 3. The first-order valence-corrected chi connectivity index (χ1v) is 10.7. The van der Waals surface area contributed by atoms with Gasteiger partial charge in [-0.25, -0.2) is 13.2 Å².